The van der Waals surface area contributed by atoms with Gasteiger partial charge in [-0.3, -0.25) is 19.6 Å². The average molecular weight is 438 g/mol. The molecule has 9 heteroatoms. The van der Waals surface area contributed by atoms with E-state index in [1.165, 1.54) is 11.3 Å². The molecule has 5 rings (SSSR count). The van der Waals surface area contributed by atoms with Gasteiger partial charge in [0, 0.05) is 37.1 Å². The van der Waals surface area contributed by atoms with Gasteiger partial charge in [0.1, 0.15) is 11.8 Å². The number of benzene rings is 1. The summed E-state index contributed by atoms with van der Waals surface area (Å²) in [5.74, 6) is -0.193. The van der Waals surface area contributed by atoms with Gasteiger partial charge in [-0.2, -0.15) is 5.10 Å². The molecule has 1 atom stereocenters. The highest BCUT2D eigenvalue weighted by Crippen LogP contribution is 2.30. The maximum absolute atomic E-state index is 13.2. The van der Waals surface area contributed by atoms with E-state index in [0.717, 1.165) is 34.7 Å². The number of carbonyl (C=O) groups excluding carboxylic acids is 2. The summed E-state index contributed by atoms with van der Waals surface area (Å²) in [5, 5.41) is 7.96. The van der Waals surface area contributed by atoms with Crippen LogP contribution >= 0.6 is 11.3 Å². The summed E-state index contributed by atoms with van der Waals surface area (Å²) >= 11 is 1.43. The fourth-order valence-corrected chi connectivity index (χ4v) is 5.00. The lowest BCUT2D eigenvalue weighted by atomic mass is 10.1. The number of ether oxygens (including phenoxy) is 1. The zero-order valence-corrected chi connectivity index (χ0v) is 18.0. The van der Waals surface area contributed by atoms with Crippen LogP contribution in [0.1, 0.15) is 33.9 Å². The van der Waals surface area contributed by atoms with E-state index in [2.05, 4.69) is 15.4 Å². The lowest BCUT2D eigenvalue weighted by Gasteiger charge is -2.25. The summed E-state index contributed by atoms with van der Waals surface area (Å²) in [7, 11) is 1.79. The minimum atomic E-state index is -0.386. The minimum Gasteiger partial charge on any atom is -0.368 e. The van der Waals surface area contributed by atoms with Gasteiger partial charge in [0.05, 0.1) is 17.9 Å². The molecule has 0 aliphatic carbocycles. The van der Waals surface area contributed by atoms with Gasteiger partial charge in [-0.1, -0.05) is 41.7 Å². The SMILES string of the molecule is Cn1nc(-c2ccccc2)cc1C(=O)N1CCc2nc(NC(=O)C3CCCO3)sc2C1. The number of rotatable bonds is 4. The number of amides is 2. The topological polar surface area (TPSA) is 89.4 Å². The molecule has 31 heavy (non-hydrogen) atoms. The van der Waals surface area contributed by atoms with Gasteiger partial charge in [-0.25, -0.2) is 4.98 Å². The first-order valence-corrected chi connectivity index (χ1v) is 11.2. The van der Waals surface area contributed by atoms with Crippen LogP contribution < -0.4 is 5.32 Å². The molecule has 160 valence electrons. The number of aromatic nitrogens is 3. The monoisotopic (exact) mass is 437 g/mol. The highest BCUT2D eigenvalue weighted by Gasteiger charge is 2.29. The van der Waals surface area contributed by atoms with Crippen LogP contribution in [0, 0.1) is 0 Å². The molecule has 4 heterocycles. The number of hydrogen-bond acceptors (Lipinski definition) is 6. The van der Waals surface area contributed by atoms with Crippen molar-refractivity contribution < 1.29 is 14.3 Å². The van der Waals surface area contributed by atoms with Gasteiger partial charge >= 0.3 is 0 Å². The summed E-state index contributed by atoms with van der Waals surface area (Å²) in [6.07, 6.45) is 1.93. The first-order chi connectivity index (χ1) is 15.1. The molecule has 2 aliphatic rings. The Labute approximate surface area is 183 Å². The van der Waals surface area contributed by atoms with Gasteiger partial charge in [0.15, 0.2) is 5.13 Å². The molecular weight excluding hydrogens is 414 g/mol. The van der Waals surface area contributed by atoms with E-state index in [1.54, 1.807) is 11.7 Å². The van der Waals surface area contributed by atoms with E-state index < -0.39 is 0 Å². The van der Waals surface area contributed by atoms with Crippen LogP contribution in [0.5, 0.6) is 0 Å². The van der Waals surface area contributed by atoms with E-state index in [0.29, 0.717) is 36.9 Å². The van der Waals surface area contributed by atoms with Crippen LogP contribution in [-0.4, -0.2) is 50.7 Å². The summed E-state index contributed by atoms with van der Waals surface area (Å²) in [6.45, 7) is 1.69. The van der Waals surface area contributed by atoms with Crippen molar-refractivity contribution >= 4 is 28.3 Å². The molecular formula is C22H23N5O3S. The fraction of sp³-hybridized carbons (Fsp3) is 0.364. The minimum absolute atomic E-state index is 0.0545. The standard InChI is InChI=1S/C22H23N5O3S/c1-26-17(12-16(25-26)14-6-3-2-4-7-14)21(29)27-10-9-15-19(13-27)31-22(23-15)24-20(28)18-8-5-11-30-18/h2-4,6-7,12,18H,5,8-11,13H2,1H3,(H,23,24,28). The molecule has 1 fully saturated rings. The summed E-state index contributed by atoms with van der Waals surface area (Å²) in [6, 6.07) is 11.7. The van der Waals surface area contributed by atoms with Crippen molar-refractivity contribution in [3.05, 3.63) is 52.7 Å². The molecule has 2 aromatic heterocycles. The number of carbonyl (C=O) groups is 2. The van der Waals surface area contributed by atoms with Gasteiger partial charge in [-0.05, 0) is 18.9 Å². The molecule has 1 saturated heterocycles. The lowest BCUT2D eigenvalue weighted by Crippen LogP contribution is -2.36. The maximum atomic E-state index is 13.2. The number of anilines is 1. The Kier molecular flexibility index (Phi) is 5.29. The van der Waals surface area contributed by atoms with Gasteiger partial charge in [0.25, 0.3) is 11.8 Å². The molecule has 3 aromatic rings. The molecule has 1 aromatic carbocycles. The third kappa shape index (κ3) is 3.98. The molecule has 1 N–H and O–H groups in total. The molecule has 0 bridgehead atoms. The second-order valence-electron chi connectivity index (χ2n) is 7.76. The van der Waals surface area contributed by atoms with Gasteiger partial charge in [0.2, 0.25) is 0 Å². The number of fused-ring (bicyclic) bond motifs is 1. The van der Waals surface area contributed by atoms with Crippen LogP contribution in [0.4, 0.5) is 5.13 Å². The van der Waals surface area contributed by atoms with Crippen molar-refractivity contribution in [2.24, 2.45) is 7.05 Å². The summed E-state index contributed by atoms with van der Waals surface area (Å²) in [4.78, 5) is 32.9. The third-order valence-corrected chi connectivity index (χ3v) is 6.64. The first-order valence-electron chi connectivity index (χ1n) is 10.4. The number of nitrogens with one attached hydrogen (secondary N) is 1. The van der Waals surface area contributed by atoms with Crippen molar-refractivity contribution in [3.63, 3.8) is 0 Å². The zero-order chi connectivity index (χ0) is 21.4. The second kappa shape index (κ2) is 8.24. The highest BCUT2D eigenvalue weighted by atomic mass is 32.1. The zero-order valence-electron chi connectivity index (χ0n) is 17.2. The molecule has 0 radical (unpaired) electrons. The Morgan fingerprint density at radius 1 is 1.26 bits per heavy atom. The first kappa shape index (κ1) is 19.9. The van der Waals surface area contributed by atoms with Crippen molar-refractivity contribution in [1.82, 2.24) is 19.7 Å². The summed E-state index contributed by atoms with van der Waals surface area (Å²) in [5.41, 5.74) is 3.26. The predicted molar refractivity (Wildman–Crippen MR) is 117 cm³/mol. The number of hydrogen-bond donors (Lipinski definition) is 1. The number of aryl methyl sites for hydroxylation is 1. The number of nitrogens with zero attached hydrogens (tertiary/aromatic N) is 4. The lowest BCUT2D eigenvalue weighted by molar-refractivity contribution is -0.124. The Bertz CT molecular complexity index is 1120. The van der Waals surface area contributed by atoms with E-state index in [-0.39, 0.29) is 17.9 Å². The van der Waals surface area contributed by atoms with E-state index >= 15 is 0 Å². The van der Waals surface area contributed by atoms with E-state index in [9.17, 15) is 9.59 Å². The van der Waals surface area contributed by atoms with Crippen LogP contribution in [0.25, 0.3) is 11.3 Å². The molecule has 0 spiro atoms. The van der Waals surface area contributed by atoms with Crippen molar-refractivity contribution in [2.45, 2.75) is 31.9 Å². The Morgan fingerprint density at radius 3 is 2.87 bits per heavy atom. The van der Waals surface area contributed by atoms with Crippen molar-refractivity contribution in [1.29, 1.82) is 0 Å². The van der Waals surface area contributed by atoms with Crippen LogP contribution in [0.2, 0.25) is 0 Å². The molecule has 2 aliphatic heterocycles. The smallest absolute Gasteiger partial charge is 0.272 e. The summed E-state index contributed by atoms with van der Waals surface area (Å²) < 4.78 is 7.07. The quantitative estimate of drug-likeness (QED) is 0.678. The van der Waals surface area contributed by atoms with Crippen molar-refractivity contribution in [3.8, 4) is 11.3 Å². The number of thiazole rings is 1. The highest BCUT2D eigenvalue weighted by molar-refractivity contribution is 7.15. The Hall–Kier alpha value is -3.04. The molecule has 2 amide bonds. The molecule has 0 saturated carbocycles. The molecule has 1 unspecified atom stereocenters. The van der Waals surface area contributed by atoms with E-state index in [4.69, 9.17) is 4.74 Å². The molecule has 8 nitrogen and oxygen atoms in total. The fourth-order valence-electron chi connectivity index (χ4n) is 3.97. The van der Waals surface area contributed by atoms with Crippen LogP contribution in [-0.2, 0) is 29.5 Å². The third-order valence-electron chi connectivity index (χ3n) is 5.64. The predicted octanol–water partition coefficient (Wildman–Crippen LogP) is 2.86. The largest absolute Gasteiger partial charge is 0.368 e. The normalized spacial score (nSPS) is 18.1. The Balaban J connectivity index is 1.29. The van der Waals surface area contributed by atoms with Gasteiger partial charge < -0.3 is 9.64 Å². The van der Waals surface area contributed by atoms with E-state index in [1.807, 2.05) is 41.3 Å². The van der Waals surface area contributed by atoms with Crippen molar-refractivity contribution in [2.75, 3.05) is 18.5 Å². The Morgan fingerprint density at radius 2 is 2.10 bits per heavy atom. The van der Waals surface area contributed by atoms with Crippen LogP contribution in [0.15, 0.2) is 36.4 Å². The second-order valence-corrected chi connectivity index (χ2v) is 8.84. The van der Waals surface area contributed by atoms with Gasteiger partial charge in [-0.15, -0.1) is 0 Å². The average Bonchev–Trinajstić information content (AvgIpc) is 3.53. The maximum Gasteiger partial charge on any atom is 0.272 e. The van der Waals surface area contributed by atoms with Crippen LogP contribution in [0.3, 0.4) is 0 Å².